The van der Waals surface area contributed by atoms with Crippen LogP contribution in [0.3, 0.4) is 0 Å². The fourth-order valence-corrected chi connectivity index (χ4v) is 2.04. The van der Waals surface area contributed by atoms with Crippen LogP contribution in [0.4, 0.5) is 0 Å². The normalized spacial score (nSPS) is 10.6. The van der Waals surface area contributed by atoms with Gasteiger partial charge >= 0.3 is 5.97 Å². The highest BCUT2D eigenvalue weighted by molar-refractivity contribution is 5.67. The molecule has 2 aromatic rings. The summed E-state index contributed by atoms with van der Waals surface area (Å²) in [6, 6.07) is 6.22. The molecule has 4 nitrogen and oxygen atoms in total. The number of carboxylic acids is 1. The van der Waals surface area contributed by atoms with Gasteiger partial charge in [0.15, 0.2) is 0 Å². The molecule has 0 amide bonds. The fourth-order valence-electron chi connectivity index (χ4n) is 2.04. The van der Waals surface area contributed by atoms with Crippen molar-refractivity contribution in [3.05, 3.63) is 41.9 Å². The molecule has 1 heterocycles. The third-order valence-electron chi connectivity index (χ3n) is 2.94. The number of rotatable bonds is 4. The molecule has 0 radical (unpaired) electrons. The van der Waals surface area contributed by atoms with E-state index in [4.69, 9.17) is 5.11 Å². The highest BCUT2D eigenvalue weighted by Crippen LogP contribution is 2.24. The van der Waals surface area contributed by atoms with Crippen LogP contribution in [0.5, 0.6) is 0 Å². The number of hydrogen-bond donors (Lipinski definition) is 1. The lowest BCUT2D eigenvalue weighted by Gasteiger charge is -2.10. The van der Waals surface area contributed by atoms with Gasteiger partial charge in [0, 0.05) is 12.1 Å². The molecule has 0 saturated heterocycles. The number of benzene rings is 1. The highest BCUT2D eigenvalue weighted by Gasteiger charge is 2.09. The van der Waals surface area contributed by atoms with Crippen molar-refractivity contribution >= 4 is 5.97 Å². The second kappa shape index (κ2) is 5.04. The number of imidazole rings is 1. The first-order valence-electron chi connectivity index (χ1n) is 5.87. The predicted molar refractivity (Wildman–Crippen MR) is 69.4 cm³/mol. The lowest BCUT2D eigenvalue weighted by atomic mass is 10.0. The molecule has 0 aliphatic rings. The molecule has 1 N–H and O–H groups in total. The molecule has 0 bridgehead atoms. The van der Waals surface area contributed by atoms with Crippen molar-refractivity contribution in [2.24, 2.45) is 0 Å². The van der Waals surface area contributed by atoms with Crippen LogP contribution in [0.15, 0.2) is 30.7 Å². The Morgan fingerprint density at radius 3 is 2.83 bits per heavy atom. The zero-order valence-corrected chi connectivity index (χ0v) is 10.6. The van der Waals surface area contributed by atoms with Gasteiger partial charge in [0.1, 0.15) is 0 Å². The van der Waals surface area contributed by atoms with Crippen LogP contribution >= 0.6 is 0 Å². The summed E-state index contributed by atoms with van der Waals surface area (Å²) < 4.78 is 1.88. The van der Waals surface area contributed by atoms with E-state index in [0.717, 1.165) is 11.3 Å². The van der Waals surface area contributed by atoms with Gasteiger partial charge in [-0.15, -0.1) is 0 Å². The minimum absolute atomic E-state index is 0.105. The third-order valence-corrected chi connectivity index (χ3v) is 2.94. The second-order valence-corrected chi connectivity index (χ2v) is 4.43. The summed E-state index contributed by atoms with van der Waals surface area (Å²) in [7, 11) is 0. The van der Waals surface area contributed by atoms with Gasteiger partial charge in [0.25, 0.3) is 0 Å². The van der Waals surface area contributed by atoms with Gasteiger partial charge < -0.3 is 9.67 Å². The molecule has 0 aliphatic carbocycles. The van der Waals surface area contributed by atoms with E-state index in [0.29, 0.717) is 6.54 Å². The Labute approximate surface area is 106 Å². The van der Waals surface area contributed by atoms with Gasteiger partial charge in [0.2, 0.25) is 0 Å². The number of aromatic nitrogens is 2. The maximum atomic E-state index is 10.6. The summed E-state index contributed by atoms with van der Waals surface area (Å²) in [6.07, 6.45) is 3.56. The van der Waals surface area contributed by atoms with Crippen LogP contribution in [0.2, 0.25) is 0 Å². The van der Waals surface area contributed by atoms with Gasteiger partial charge in [-0.1, -0.05) is 23.8 Å². The van der Waals surface area contributed by atoms with Crippen LogP contribution in [0.25, 0.3) is 11.3 Å². The first-order chi connectivity index (χ1) is 8.58. The van der Waals surface area contributed by atoms with Gasteiger partial charge in [-0.3, -0.25) is 4.79 Å². The summed E-state index contributed by atoms with van der Waals surface area (Å²) in [5, 5.41) is 8.73. The zero-order valence-electron chi connectivity index (χ0n) is 10.6. The van der Waals surface area contributed by atoms with Crippen LogP contribution in [-0.2, 0) is 11.3 Å². The van der Waals surface area contributed by atoms with Gasteiger partial charge in [-0.25, -0.2) is 4.98 Å². The number of carbonyl (C=O) groups is 1. The average molecular weight is 244 g/mol. The predicted octanol–water partition coefficient (Wildman–Crippen LogP) is 2.64. The maximum absolute atomic E-state index is 10.6. The summed E-state index contributed by atoms with van der Waals surface area (Å²) in [6.45, 7) is 4.55. The van der Waals surface area contributed by atoms with Crippen LogP contribution in [0, 0.1) is 13.8 Å². The SMILES string of the molecule is Cc1ccc(-c2cncn2CCC(=O)O)c(C)c1. The molecule has 1 aromatic carbocycles. The molecule has 0 aliphatic heterocycles. The Hall–Kier alpha value is -2.10. The molecule has 0 atom stereocenters. The lowest BCUT2D eigenvalue weighted by molar-refractivity contribution is -0.137. The van der Waals surface area contributed by atoms with E-state index in [9.17, 15) is 4.79 Å². The van der Waals surface area contributed by atoms with Crippen LogP contribution in [-0.4, -0.2) is 20.6 Å². The molecule has 4 heteroatoms. The molecule has 94 valence electrons. The largest absolute Gasteiger partial charge is 0.481 e. The van der Waals surface area contributed by atoms with E-state index in [1.807, 2.05) is 4.57 Å². The van der Waals surface area contributed by atoms with E-state index in [2.05, 4.69) is 37.0 Å². The van der Waals surface area contributed by atoms with Crippen molar-refractivity contribution < 1.29 is 9.90 Å². The van der Waals surface area contributed by atoms with Gasteiger partial charge in [-0.2, -0.15) is 0 Å². The third kappa shape index (κ3) is 2.59. The maximum Gasteiger partial charge on any atom is 0.305 e. The number of aliphatic carboxylic acids is 1. The number of hydrogen-bond acceptors (Lipinski definition) is 2. The Morgan fingerprint density at radius 2 is 2.17 bits per heavy atom. The van der Waals surface area contributed by atoms with E-state index < -0.39 is 5.97 Å². The second-order valence-electron chi connectivity index (χ2n) is 4.43. The van der Waals surface area contributed by atoms with Crippen molar-refractivity contribution in [2.45, 2.75) is 26.8 Å². The van der Waals surface area contributed by atoms with E-state index in [1.54, 1.807) is 12.5 Å². The topological polar surface area (TPSA) is 55.1 Å². The molecular weight excluding hydrogens is 228 g/mol. The van der Waals surface area contributed by atoms with Crippen molar-refractivity contribution in [3.8, 4) is 11.3 Å². The van der Waals surface area contributed by atoms with Crippen molar-refractivity contribution in [3.63, 3.8) is 0 Å². The Kier molecular flexibility index (Phi) is 3.46. The van der Waals surface area contributed by atoms with E-state index in [-0.39, 0.29) is 6.42 Å². The van der Waals surface area contributed by atoms with Crippen LogP contribution in [0.1, 0.15) is 17.5 Å². The molecule has 2 rings (SSSR count). The summed E-state index contributed by atoms with van der Waals surface area (Å²) in [4.78, 5) is 14.7. The van der Waals surface area contributed by atoms with Crippen molar-refractivity contribution in [2.75, 3.05) is 0 Å². The number of carboxylic acid groups (broad SMARTS) is 1. The molecule has 0 saturated carbocycles. The smallest absolute Gasteiger partial charge is 0.305 e. The number of aryl methyl sites for hydroxylation is 3. The van der Waals surface area contributed by atoms with Crippen LogP contribution < -0.4 is 0 Å². The Bertz CT molecular complexity index is 573. The van der Waals surface area contributed by atoms with Gasteiger partial charge in [-0.05, 0) is 19.4 Å². The first-order valence-corrected chi connectivity index (χ1v) is 5.87. The monoisotopic (exact) mass is 244 g/mol. The summed E-state index contributed by atoms with van der Waals surface area (Å²) in [5.74, 6) is -0.796. The molecule has 0 unspecified atom stereocenters. The Morgan fingerprint density at radius 1 is 1.39 bits per heavy atom. The van der Waals surface area contributed by atoms with Crippen molar-refractivity contribution in [1.82, 2.24) is 9.55 Å². The Balaban J connectivity index is 2.33. The zero-order chi connectivity index (χ0) is 13.1. The highest BCUT2D eigenvalue weighted by atomic mass is 16.4. The standard InChI is InChI=1S/C14H16N2O2/c1-10-3-4-12(11(2)7-10)13-8-15-9-16(13)6-5-14(17)18/h3-4,7-9H,5-6H2,1-2H3,(H,17,18). The molecular formula is C14H16N2O2. The van der Waals surface area contributed by atoms with E-state index >= 15 is 0 Å². The van der Waals surface area contributed by atoms with Gasteiger partial charge in [0.05, 0.1) is 24.6 Å². The minimum Gasteiger partial charge on any atom is -0.481 e. The average Bonchev–Trinajstić information content (AvgIpc) is 2.74. The fraction of sp³-hybridized carbons (Fsp3) is 0.286. The lowest BCUT2D eigenvalue weighted by Crippen LogP contribution is -2.05. The molecule has 0 spiro atoms. The molecule has 18 heavy (non-hydrogen) atoms. The number of nitrogens with zero attached hydrogens (tertiary/aromatic N) is 2. The molecule has 1 aromatic heterocycles. The minimum atomic E-state index is -0.796. The summed E-state index contributed by atoms with van der Waals surface area (Å²) in [5.41, 5.74) is 4.46. The summed E-state index contributed by atoms with van der Waals surface area (Å²) >= 11 is 0. The van der Waals surface area contributed by atoms with Crippen molar-refractivity contribution in [1.29, 1.82) is 0 Å². The first kappa shape index (κ1) is 12.4. The quantitative estimate of drug-likeness (QED) is 0.899. The van der Waals surface area contributed by atoms with E-state index in [1.165, 1.54) is 11.1 Å². The molecule has 0 fully saturated rings.